The summed E-state index contributed by atoms with van der Waals surface area (Å²) in [6.07, 6.45) is 4.92. The summed E-state index contributed by atoms with van der Waals surface area (Å²) in [5, 5.41) is 13.2. The molecule has 3 aromatic carbocycles. The number of anilines is 3. The molecule has 1 N–H and O–H groups in total. The Kier molecular flexibility index (Phi) is 6.95. The van der Waals surface area contributed by atoms with Gasteiger partial charge in [-0.1, -0.05) is 35.9 Å². The maximum absolute atomic E-state index is 13.5. The van der Waals surface area contributed by atoms with Gasteiger partial charge in [0.05, 0.1) is 22.3 Å². The first kappa shape index (κ1) is 26.6. The second kappa shape index (κ2) is 11.2. The number of fused-ring (bicyclic) bond motifs is 3. The van der Waals surface area contributed by atoms with Gasteiger partial charge in [0.15, 0.2) is 5.65 Å². The number of para-hydroxylation sites is 1. The zero-order valence-corrected chi connectivity index (χ0v) is 23.8. The number of nitriles is 1. The van der Waals surface area contributed by atoms with E-state index in [2.05, 4.69) is 54.3 Å². The Morgan fingerprint density at radius 3 is 2.56 bits per heavy atom. The number of aromatic nitrogens is 5. The molecule has 0 bridgehead atoms. The molecule has 3 aromatic heterocycles. The molecule has 0 amide bonds. The molecule has 0 saturated carbocycles. The zero-order valence-electron chi connectivity index (χ0n) is 23.1. The fraction of sp³-hybridized carbons (Fsp3) is 0.156. The molecule has 6 aromatic rings. The molecule has 0 spiro atoms. The number of benzene rings is 3. The van der Waals surface area contributed by atoms with Crippen molar-refractivity contribution in [2.24, 2.45) is 0 Å². The van der Waals surface area contributed by atoms with Crippen molar-refractivity contribution >= 4 is 45.7 Å². The van der Waals surface area contributed by atoms with Crippen LogP contribution in [0, 0.1) is 11.3 Å². The maximum atomic E-state index is 13.5. The molecule has 0 aliphatic carbocycles. The van der Waals surface area contributed by atoms with Crippen molar-refractivity contribution in [1.82, 2.24) is 28.8 Å². The van der Waals surface area contributed by atoms with Crippen LogP contribution in [-0.2, 0) is 6.54 Å². The molecule has 0 radical (unpaired) electrons. The van der Waals surface area contributed by atoms with E-state index in [1.54, 1.807) is 28.9 Å². The molecule has 4 heterocycles. The van der Waals surface area contributed by atoms with E-state index in [0.717, 1.165) is 44.1 Å². The Balaban J connectivity index is 1.07. The minimum atomic E-state index is -0.298. The van der Waals surface area contributed by atoms with Crippen LogP contribution in [0.3, 0.4) is 0 Å². The van der Waals surface area contributed by atoms with Crippen molar-refractivity contribution in [2.75, 3.05) is 36.4 Å². The number of hydrogen-bond acceptors (Lipinski definition) is 8. The Morgan fingerprint density at radius 2 is 1.77 bits per heavy atom. The van der Waals surface area contributed by atoms with Gasteiger partial charge in [-0.25, -0.2) is 14.5 Å². The second-order valence-electron chi connectivity index (χ2n) is 10.4. The van der Waals surface area contributed by atoms with Crippen LogP contribution in [0.1, 0.15) is 11.1 Å². The second-order valence-corrected chi connectivity index (χ2v) is 10.8. The smallest absolute Gasteiger partial charge is 0.270 e. The molecule has 0 unspecified atom stereocenters. The van der Waals surface area contributed by atoms with Crippen molar-refractivity contribution in [1.29, 1.82) is 5.26 Å². The van der Waals surface area contributed by atoms with Crippen molar-refractivity contribution in [3.8, 4) is 11.8 Å². The summed E-state index contributed by atoms with van der Waals surface area (Å²) in [6.45, 7) is 4.58. The Labute approximate surface area is 252 Å². The Hall–Kier alpha value is -5.24. The van der Waals surface area contributed by atoms with Crippen LogP contribution in [0.4, 0.5) is 17.3 Å². The van der Waals surface area contributed by atoms with Crippen molar-refractivity contribution in [3.05, 3.63) is 118 Å². The predicted molar refractivity (Wildman–Crippen MR) is 167 cm³/mol. The van der Waals surface area contributed by atoms with E-state index in [0.29, 0.717) is 39.0 Å². The predicted octanol–water partition coefficient (Wildman–Crippen LogP) is 5.02. The lowest BCUT2D eigenvalue weighted by Gasteiger charge is -2.36. The quantitative estimate of drug-likeness (QED) is 0.289. The summed E-state index contributed by atoms with van der Waals surface area (Å²) in [6, 6.07) is 25.4. The highest BCUT2D eigenvalue weighted by Gasteiger charge is 2.19. The van der Waals surface area contributed by atoms with Crippen molar-refractivity contribution in [2.45, 2.75) is 6.54 Å². The number of rotatable bonds is 6. The first-order valence-electron chi connectivity index (χ1n) is 13.9. The van der Waals surface area contributed by atoms with Crippen LogP contribution in [0.2, 0.25) is 5.02 Å². The number of nitrogens with zero attached hydrogens (tertiary/aromatic N) is 8. The van der Waals surface area contributed by atoms with Gasteiger partial charge in [-0.3, -0.25) is 14.1 Å². The van der Waals surface area contributed by atoms with Gasteiger partial charge in [-0.05, 0) is 54.1 Å². The largest absolute Gasteiger partial charge is 0.369 e. The molecule has 1 aliphatic rings. The van der Waals surface area contributed by atoms with Gasteiger partial charge in [-0.2, -0.15) is 10.2 Å². The van der Waals surface area contributed by atoms with E-state index in [4.69, 9.17) is 16.9 Å². The normalized spacial score (nSPS) is 13.8. The number of halogens is 1. The molecule has 10 nitrogen and oxygen atoms in total. The van der Waals surface area contributed by atoms with Gasteiger partial charge in [0.25, 0.3) is 5.56 Å². The first-order valence-corrected chi connectivity index (χ1v) is 14.3. The van der Waals surface area contributed by atoms with Gasteiger partial charge < -0.3 is 10.2 Å². The molecule has 1 saturated heterocycles. The highest BCUT2D eigenvalue weighted by molar-refractivity contribution is 6.32. The summed E-state index contributed by atoms with van der Waals surface area (Å²) >= 11 is 6.42. The fourth-order valence-corrected chi connectivity index (χ4v) is 5.72. The lowest BCUT2D eigenvalue weighted by molar-refractivity contribution is 0.250. The van der Waals surface area contributed by atoms with Crippen LogP contribution in [0.25, 0.3) is 22.5 Å². The number of piperazine rings is 1. The van der Waals surface area contributed by atoms with Gasteiger partial charge in [0.2, 0.25) is 11.7 Å². The monoisotopic (exact) mass is 587 g/mol. The van der Waals surface area contributed by atoms with Gasteiger partial charge in [-0.15, -0.1) is 0 Å². The lowest BCUT2D eigenvalue weighted by atomic mass is 10.1. The molecule has 11 heteroatoms. The van der Waals surface area contributed by atoms with Gasteiger partial charge in [0, 0.05) is 62.7 Å². The first-order chi connectivity index (χ1) is 21.1. The molecule has 7 rings (SSSR count). The Morgan fingerprint density at radius 1 is 0.953 bits per heavy atom. The van der Waals surface area contributed by atoms with Crippen LogP contribution in [0.15, 0.2) is 96.2 Å². The molecular weight excluding hydrogens is 562 g/mol. The van der Waals surface area contributed by atoms with E-state index >= 15 is 0 Å². The molecule has 1 fully saturated rings. The fourth-order valence-electron chi connectivity index (χ4n) is 5.50. The summed E-state index contributed by atoms with van der Waals surface area (Å²) in [5.41, 5.74) is 4.55. The molecule has 1 aliphatic heterocycles. The van der Waals surface area contributed by atoms with E-state index in [9.17, 15) is 4.79 Å². The average molecular weight is 588 g/mol. The number of hydrogen-bond donors (Lipinski definition) is 1. The average Bonchev–Trinajstić information content (AvgIpc) is 3.53. The minimum absolute atomic E-state index is 0.298. The number of imidazole rings is 1. The third-order valence-corrected chi connectivity index (χ3v) is 7.99. The van der Waals surface area contributed by atoms with Gasteiger partial charge >= 0.3 is 0 Å². The molecule has 43 heavy (non-hydrogen) atoms. The van der Waals surface area contributed by atoms with E-state index in [1.807, 2.05) is 42.5 Å². The standard InChI is InChI=1S/C32H26ClN9O/c33-27-6-1-2-7-28(27)42-30(43)26-20-36-31(38-29(26)41-13-12-35-32(41)42)37-24-8-10-25(11-9-24)40-16-14-39(15-17-40)21-23-5-3-4-22(18-23)19-34/h1-13,18,20H,14-17,21H2,(H,36,37,38). The third-order valence-electron chi connectivity index (χ3n) is 7.67. The van der Waals surface area contributed by atoms with E-state index < -0.39 is 0 Å². The van der Waals surface area contributed by atoms with E-state index in [1.165, 1.54) is 16.3 Å². The van der Waals surface area contributed by atoms with Crippen molar-refractivity contribution < 1.29 is 0 Å². The summed E-state index contributed by atoms with van der Waals surface area (Å²) < 4.78 is 3.24. The third kappa shape index (κ3) is 5.16. The Bertz CT molecular complexity index is 2050. The molecule has 212 valence electrons. The van der Waals surface area contributed by atoms with E-state index in [-0.39, 0.29) is 5.56 Å². The summed E-state index contributed by atoms with van der Waals surface area (Å²) in [4.78, 5) is 31.8. The maximum Gasteiger partial charge on any atom is 0.270 e. The molecule has 0 atom stereocenters. The summed E-state index contributed by atoms with van der Waals surface area (Å²) in [7, 11) is 0. The molecular formula is C32H26ClN9O. The van der Waals surface area contributed by atoms with Crippen LogP contribution >= 0.6 is 11.6 Å². The van der Waals surface area contributed by atoms with Crippen LogP contribution in [0.5, 0.6) is 0 Å². The van der Waals surface area contributed by atoms with Crippen LogP contribution in [-0.4, -0.2) is 55.0 Å². The highest BCUT2D eigenvalue weighted by atomic mass is 35.5. The lowest BCUT2D eigenvalue weighted by Crippen LogP contribution is -2.45. The SMILES string of the molecule is N#Cc1cccc(CN2CCN(c3ccc(Nc4ncc5c(=O)n(-c6ccccc6Cl)c6nccn6c5n4)cc3)CC2)c1. The minimum Gasteiger partial charge on any atom is -0.369 e. The van der Waals surface area contributed by atoms with Gasteiger partial charge in [0.1, 0.15) is 5.39 Å². The number of nitrogens with one attached hydrogen (secondary N) is 1. The van der Waals surface area contributed by atoms with Crippen LogP contribution < -0.4 is 15.8 Å². The highest BCUT2D eigenvalue weighted by Crippen LogP contribution is 2.24. The summed E-state index contributed by atoms with van der Waals surface area (Å²) in [5.74, 6) is 0.787. The van der Waals surface area contributed by atoms with Crippen molar-refractivity contribution in [3.63, 3.8) is 0 Å². The zero-order chi connectivity index (χ0) is 29.3. The topological polar surface area (TPSA) is 107 Å².